The van der Waals surface area contributed by atoms with Gasteiger partial charge in [0.1, 0.15) is 5.75 Å². The molecule has 1 fully saturated rings. The molecule has 0 saturated carbocycles. The van der Waals surface area contributed by atoms with Crippen LogP contribution in [0.1, 0.15) is 54.2 Å². The standard InChI is InChI=1S/C28H36N2O4S/c1-19-12-16-35-27(19)5-3-4-14-30-15-11-20(24(18-30)28(32)33)6-9-26(31)22-10-13-29-25-8-7-21(34-2)17-23(22)25/h7-8,10,12-13,16-17,20,24,26,31H,3-6,9,11,14-15,18H2,1-2H3,(H,32,33)/t20-,24+,26+/m1/s1. The molecule has 3 atom stereocenters. The third-order valence-electron chi connectivity index (χ3n) is 7.41. The van der Waals surface area contributed by atoms with Crippen molar-refractivity contribution in [2.75, 3.05) is 26.7 Å². The van der Waals surface area contributed by atoms with Gasteiger partial charge in [0.15, 0.2) is 0 Å². The maximum atomic E-state index is 12.1. The van der Waals surface area contributed by atoms with E-state index < -0.39 is 12.1 Å². The fourth-order valence-corrected chi connectivity index (χ4v) is 6.22. The molecule has 2 N–H and O–H groups in total. The number of likely N-dealkylation sites (tertiary alicyclic amines) is 1. The molecular formula is C28H36N2O4S. The van der Waals surface area contributed by atoms with Gasteiger partial charge in [-0.15, -0.1) is 11.3 Å². The molecule has 4 rings (SSSR count). The summed E-state index contributed by atoms with van der Waals surface area (Å²) in [5, 5.41) is 24.0. The van der Waals surface area contributed by atoms with E-state index in [1.807, 2.05) is 35.6 Å². The smallest absolute Gasteiger partial charge is 0.308 e. The maximum Gasteiger partial charge on any atom is 0.308 e. The van der Waals surface area contributed by atoms with Crippen LogP contribution in [0, 0.1) is 18.8 Å². The molecule has 1 aliphatic heterocycles. The van der Waals surface area contributed by atoms with E-state index in [1.165, 1.54) is 10.4 Å². The quantitative estimate of drug-likeness (QED) is 0.343. The highest BCUT2D eigenvalue weighted by atomic mass is 32.1. The van der Waals surface area contributed by atoms with Gasteiger partial charge in [-0.05, 0) is 111 Å². The lowest BCUT2D eigenvalue weighted by Crippen LogP contribution is -2.44. The number of aliphatic hydroxyl groups excluding tert-OH is 1. The molecule has 3 heterocycles. The summed E-state index contributed by atoms with van der Waals surface area (Å²) in [5.74, 6) is -0.301. The Balaban J connectivity index is 1.30. The van der Waals surface area contributed by atoms with Crippen LogP contribution in [0.15, 0.2) is 41.9 Å². The Morgan fingerprint density at radius 2 is 2.14 bits per heavy atom. The Kier molecular flexibility index (Phi) is 8.76. The lowest BCUT2D eigenvalue weighted by Gasteiger charge is -2.37. The Morgan fingerprint density at radius 3 is 2.89 bits per heavy atom. The normalized spacial score (nSPS) is 19.6. The minimum absolute atomic E-state index is 0.0785. The number of piperidine rings is 1. The molecule has 0 radical (unpaired) electrons. The number of aliphatic hydroxyl groups is 1. The zero-order valence-electron chi connectivity index (χ0n) is 20.7. The number of hydrogen-bond acceptors (Lipinski definition) is 6. The molecule has 2 aromatic heterocycles. The first-order valence-corrected chi connectivity index (χ1v) is 13.4. The van der Waals surface area contributed by atoms with E-state index in [4.69, 9.17) is 4.74 Å². The second kappa shape index (κ2) is 12.0. The molecule has 6 nitrogen and oxygen atoms in total. The van der Waals surface area contributed by atoms with E-state index >= 15 is 0 Å². The first-order chi connectivity index (χ1) is 17.0. The summed E-state index contributed by atoms with van der Waals surface area (Å²) in [6.07, 6.45) is 6.46. The summed E-state index contributed by atoms with van der Waals surface area (Å²) in [6, 6.07) is 9.68. The van der Waals surface area contributed by atoms with Crippen LogP contribution in [-0.2, 0) is 11.2 Å². The van der Waals surface area contributed by atoms with Crippen molar-refractivity contribution in [3.05, 3.63) is 57.9 Å². The van der Waals surface area contributed by atoms with Crippen molar-refractivity contribution in [1.82, 2.24) is 9.88 Å². The van der Waals surface area contributed by atoms with Gasteiger partial charge in [0.25, 0.3) is 0 Å². The van der Waals surface area contributed by atoms with Crippen LogP contribution in [-0.4, -0.2) is 52.8 Å². The van der Waals surface area contributed by atoms with Crippen LogP contribution < -0.4 is 4.74 Å². The highest BCUT2D eigenvalue weighted by molar-refractivity contribution is 7.10. The number of unbranched alkanes of at least 4 members (excludes halogenated alkanes) is 1. The number of fused-ring (bicyclic) bond motifs is 1. The Morgan fingerprint density at radius 1 is 1.29 bits per heavy atom. The number of methoxy groups -OCH3 is 1. The van der Waals surface area contributed by atoms with Crippen LogP contribution in [0.5, 0.6) is 5.75 Å². The summed E-state index contributed by atoms with van der Waals surface area (Å²) in [4.78, 5) is 20.3. The third-order valence-corrected chi connectivity index (χ3v) is 8.49. The van der Waals surface area contributed by atoms with Gasteiger partial charge in [0.05, 0.1) is 24.6 Å². The van der Waals surface area contributed by atoms with Crippen molar-refractivity contribution < 1.29 is 19.7 Å². The monoisotopic (exact) mass is 496 g/mol. The van der Waals surface area contributed by atoms with Gasteiger partial charge in [0, 0.05) is 23.0 Å². The highest BCUT2D eigenvalue weighted by Gasteiger charge is 2.34. The van der Waals surface area contributed by atoms with E-state index in [1.54, 1.807) is 13.3 Å². The molecule has 0 aliphatic carbocycles. The number of carboxylic acids is 1. The molecule has 1 saturated heterocycles. The number of carboxylic acid groups (broad SMARTS) is 1. The maximum absolute atomic E-state index is 12.1. The number of pyridine rings is 1. The predicted molar refractivity (Wildman–Crippen MR) is 140 cm³/mol. The molecule has 1 aromatic carbocycles. The van der Waals surface area contributed by atoms with Gasteiger partial charge in [-0.25, -0.2) is 0 Å². The van der Waals surface area contributed by atoms with Crippen molar-refractivity contribution in [3.8, 4) is 5.75 Å². The average molecular weight is 497 g/mol. The van der Waals surface area contributed by atoms with Crippen molar-refractivity contribution in [3.63, 3.8) is 0 Å². The molecule has 35 heavy (non-hydrogen) atoms. The molecule has 7 heteroatoms. The van der Waals surface area contributed by atoms with Crippen LogP contribution in [0.4, 0.5) is 0 Å². The number of aliphatic carboxylic acids is 1. The summed E-state index contributed by atoms with van der Waals surface area (Å²) >= 11 is 1.83. The van der Waals surface area contributed by atoms with Crippen molar-refractivity contribution in [2.45, 2.75) is 51.6 Å². The van der Waals surface area contributed by atoms with Crippen molar-refractivity contribution in [1.29, 1.82) is 0 Å². The summed E-state index contributed by atoms with van der Waals surface area (Å²) < 4.78 is 5.34. The van der Waals surface area contributed by atoms with Gasteiger partial charge >= 0.3 is 5.97 Å². The number of ether oxygens (including phenoxy) is 1. The fraction of sp³-hybridized carbons (Fsp3) is 0.500. The van der Waals surface area contributed by atoms with Gasteiger partial charge in [-0.2, -0.15) is 0 Å². The largest absolute Gasteiger partial charge is 0.497 e. The second-order valence-electron chi connectivity index (χ2n) is 9.65. The number of rotatable bonds is 11. The fourth-order valence-electron chi connectivity index (χ4n) is 5.27. The summed E-state index contributed by atoms with van der Waals surface area (Å²) in [7, 11) is 1.62. The molecule has 188 valence electrons. The number of hydrogen-bond donors (Lipinski definition) is 2. The van der Waals surface area contributed by atoms with Crippen molar-refractivity contribution in [2.24, 2.45) is 11.8 Å². The van der Waals surface area contributed by atoms with Crippen LogP contribution in [0.3, 0.4) is 0 Å². The average Bonchev–Trinajstić information content (AvgIpc) is 3.29. The molecule has 0 amide bonds. The molecule has 0 unspecified atom stereocenters. The number of carbonyl (C=O) groups is 1. The minimum Gasteiger partial charge on any atom is -0.497 e. The van der Waals surface area contributed by atoms with E-state index in [2.05, 4.69) is 28.3 Å². The number of aryl methyl sites for hydroxylation is 2. The number of thiophene rings is 1. The van der Waals surface area contributed by atoms with Gasteiger partial charge in [0.2, 0.25) is 0 Å². The molecule has 0 bridgehead atoms. The minimum atomic E-state index is -0.720. The number of nitrogens with zero attached hydrogens (tertiary/aromatic N) is 2. The summed E-state index contributed by atoms with van der Waals surface area (Å²) in [5.41, 5.74) is 3.01. The second-order valence-corrected chi connectivity index (χ2v) is 10.7. The number of benzene rings is 1. The molecule has 0 spiro atoms. The van der Waals surface area contributed by atoms with Crippen LogP contribution in [0.25, 0.3) is 10.9 Å². The lowest BCUT2D eigenvalue weighted by atomic mass is 9.81. The Hall–Kier alpha value is -2.48. The number of aromatic nitrogens is 1. The summed E-state index contributed by atoms with van der Waals surface area (Å²) in [6.45, 7) is 4.65. The third kappa shape index (κ3) is 6.40. The van der Waals surface area contributed by atoms with E-state index in [0.717, 1.165) is 61.0 Å². The van der Waals surface area contributed by atoms with E-state index in [9.17, 15) is 15.0 Å². The van der Waals surface area contributed by atoms with E-state index in [-0.39, 0.29) is 11.8 Å². The first-order valence-electron chi connectivity index (χ1n) is 12.5. The van der Waals surface area contributed by atoms with E-state index in [0.29, 0.717) is 19.4 Å². The molecule has 1 aliphatic rings. The SMILES string of the molecule is COc1ccc2nccc([C@@H](O)CC[C@@H]3CCN(CCCCc4sccc4C)C[C@@H]3C(=O)O)c2c1. The zero-order chi connectivity index (χ0) is 24.8. The van der Waals surface area contributed by atoms with Crippen LogP contribution >= 0.6 is 11.3 Å². The van der Waals surface area contributed by atoms with Crippen LogP contribution in [0.2, 0.25) is 0 Å². The zero-order valence-corrected chi connectivity index (χ0v) is 21.5. The van der Waals surface area contributed by atoms with Gasteiger partial charge < -0.3 is 19.8 Å². The molecular weight excluding hydrogens is 460 g/mol. The lowest BCUT2D eigenvalue weighted by molar-refractivity contribution is -0.146. The first kappa shape index (κ1) is 25.6. The Labute approximate surface area is 211 Å². The topological polar surface area (TPSA) is 82.9 Å². The van der Waals surface area contributed by atoms with Gasteiger partial charge in [-0.1, -0.05) is 0 Å². The molecule has 3 aromatic rings. The Bertz CT molecular complexity index is 1130. The predicted octanol–water partition coefficient (Wildman–Crippen LogP) is 5.47. The highest BCUT2D eigenvalue weighted by Crippen LogP contribution is 2.34. The van der Waals surface area contributed by atoms with Crippen molar-refractivity contribution >= 4 is 28.2 Å². The van der Waals surface area contributed by atoms with Gasteiger partial charge in [-0.3, -0.25) is 9.78 Å².